The van der Waals surface area contributed by atoms with Crippen LogP contribution in [0.2, 0.25) is 5.02 Å². The number of hydrogen-bond donors (Lipinski definition) is 1. The highest BCUT2D eigenvalue weighted by molar-refractivity contribution is 6.30. The van der Waals surface area contributed by atoms with Crippen LogP contribution < -0.4 is 0 Å². The Kier molecular flexibility index (Phi) is 2.99. The van der Waals surface area contributed by atoms with Crippen LogP contribution in [0.1, 0.15) is 10.4 Å². The summed E-state index contributed by atoms with van der Waals surface area (Å²) >= 11 is 6.00. The molecule has 3 nitrogen and oxygen atoms in total. The van der Waals surface area contributed by atoms with Gasteiger partial charge in [-0.15, -0.1) is 0 Å². The minimum atomic E-state index is -0.918. The first-order valence-corrected chi connectivity index (χ1v) is 6.52. The van der Waals surface area contributed by atoms with Crippen molar-refractivity contribution in [2.24, 2.45) is 7.05 Å². The number of carboxylic acids is 1. The van der Waals surface area contributed by atoms with Crippen LogP contribution in [0.3, 0.4) is 0 Å². The molecule has 0 saturated heterocycles. The van der Waals surface area contributed by atoms with Gasteiger partial charge in [-0.2, -0.15) is 0 Å². The van der Waals surface area contributed by atoms with Gasteiger partial charge in [0.2, 0.25) is 0 Å². The van der Waals surface area contributed by atoms with Crippen molar-refractivity contribution in [3.05, 3.63) is 59.2 Å². The average molecular weight is 286 g/mol. The van der Waals surface area contributed by atoms with Crippen molar-refractivity contribution in [3.63, 3.8) is 0 Å². The number of carboxylic acid groups (broad SMARTS) is 1. The molecule has 0 atom stereocenters. The largest absolute Gasteiger partial charge is 0.478 e. The molecule has 3 aromatic rings. The second kappa shape index (κ2) is 4.69. The SMILES string of the molecule is Cn1cc(C(=O)O)c2cc(-c3cccc(Cl)c3)ccc21. The van der Waals surface area contributed by atoms with Crippen molar-refractivity contribution in [1.82, 2.24) is 4.57 Å². The third-order valence-electron chi connectivity index (χ3n) is 3.38. The van der Waals surface area contributed by atoms with Crippen LogP contribution in [0, 0.1) is 0 Å². The molecule has 0 aliphatic rings. The maximum Gasteiger partial charge on any atom is 0.337 e. The summed E-state index contributed by atoms with van der Waals surface area (Å²) in [5, 5.41) is 10.7. The highest BCUT2D eigenvalue weighted by Crippen LogP contribution is 2.28. The number of nitrogens with zero attached hydrogens (tertiary/aromatic N) is 1. The van der Waals surface area contributed by atoms with Crippen LogP contribution in [0.25, 0.3) is 22.0 Å². The first kappa shape index (κ1) is 12.8. The quantitative estimate of drug-likeness (QED) is 0.767. The molecule has 0 aliphatic carbocycles. The summed E-state index contributed by atoms with van der Waals surface area (Å²) < 4.78 is 1.82. The van der Waals surface area contributed by atoms with Crippen LogP contribution in [0.5, 0.6) is 0 Å². The number of rotatable bonds is 2. The molecule has 0 aliphatic heterocycles. The molecule has 20 heavy (non-hydrogen) atoms. The Labute approximate surface area is 121 Å². The maximum atomic E-state index is 11.3. The van der Waals surface area contributed by atoms with Crippen LogP contribution in [0.15, 0.2) is 48.7 Å². The van der Waals surface area contributed by atoms with Crippen LogP contribution in [-0.2, 0) is 7.05 Å². The minimum Gasteiger partial charge on any atom is -0.478 e. The molecule has 0 fully saturated rings. The van der Waals surface area contributed by atoms with Gasteiger partial charge in [-0.25, -0.2) is 4.79 Å². The Hall–Kier alpha value is -2.26. The summed E-state index contributed by atoms with van der Waals surface area (Å²) in [6.45, 7) is 0. The molecule has 0 amide bonds. The maximum absolute atomic E-state index is 11.3. The molecular formula is C16H12ClNO2. The molecule has 1 aromatic heterocycles. The van der Waals surface area contributed by atoms with E-state index in [0.717, 1.165) is 22.0 Å². The van der Waals surface area contributed by atoms with Crippen LogP contribution >= 0.6 is 11.6 Å². The van der Waals surface area contributed by atoms with E-state index in [1.165, 1.54) is 0 Å². The zero-order valence-corrected chi connectivity index (χ0v) is 11.6. The van der Waals surface area contributed by atoms with Crippen LogP contribution in [-0.4, -0.2) is 15.6 Å². The fraction of sp³-hybridized carbons (Fsp3) is 0.0625. The van der Waals surface area contributed by atoms with Gasteiger partial charge in [0, 0.05) is 29.2 Å². The Balaban J connectivity index is 2.24. The Bertz CT molecular complexity index is 820. The molecule has 1 heterocycles. The number of benzene rings is 2. The second-order valence-corrected chi connectivity index (χ2v) is 5.14. The van der Waals surface area contributed by atoms with E-state index < -0.39 is 5.97 Å². The number of fused-ring (bicyclic) bond motifs is 1. The predicted octanol–water partition coefficient (Wildman–Crippen LogP) is 4.20. The van der Waals surface area contributed by atoms with Gasteiger partial charge < -0.3 is 9.67 Å². The van der Waals surface area contributed by atoms with Gasteiger partial charge in [-0.05, 0) is 35.4 Å². The summed E-state index contributed by atoms with van der Waals surface area (Å²) in [5.41, 5.74) is 3.13. The summed E-state index contributed by atoms with van der Waals surface area (Å²) in [4.78, 5) is 11.3. The zero-order valence-electron chi connectivity index (χ0n) is 10.8. The average Bonchev–Trinajstić information content (AvgIpc) is 2.76. The Morgan fingerprint density at radius 3 is 2.60 bits per heavy atom. The van der Waals surface area contributed by atoms with Crippen LogP contribution in [0.4, 0.5) is 0 Å². The smallest absolute Gasteiger partial charge is 0.337 e. The van der Waals surface area contributed by atoms with Gasteiger partial charge in [0.25, 0.3) is 0 Å². The molecule has 0 bridgehead atoms. The fourth-order valence-corrected chi connectivity index (χ4v) is 2.60. The normalized spacial score (nSPS) is 10.9. The number of hydrogen-bond acceptors (Lipinski definition) is 1. The summed E-state index contributed by atoms with van der Waals surface area (Å²) in [6, 6.07) is 13.3. The van der Waals surface area contributed by atoms with E-state index in [1.807, 2.05) is 54.1 Å². The lowest BCUT2D eigenvalue weighted by atomic mass is 10.0. The molecule has 100 valence electrons. The molecule has 3 rings (SSSR count). The zero-order chi connectivity index (χ0) is 14.3. The molecule has 4 heteroatoms. The molecule has 1 N–H and O–H groups in total. The Morgan fingerprint density at radius 1 is 1.15 bits per heavy atom. The standard InChI is InChI=1S/C16H12ClNO2/c1-18-9-14(16(19)20)13-8-11(5-6-15(13)18)10-3-2-4-12(17)7-10/h2-9H,1H3,(H,19,20). The Morgan fingerprint density at radius 2 is 1.90 bits per heavy atom. The summed E-state index contributed by atoms with van der Waals surface area (Å²) in [6.07, 6.45) is 1.63. The first-order chi connectivity index (χ1) is 9.56. The lowest BCUT2D eigenvalue weighted by Gasteiger charge is -2.04. The fourth-order valence-electron chi connectivity index (χ4n) is 2.41. The number of carbonyl (C=O) groups is 1. The van der Waals surface area contributed by atoms with Gasteiger partial charge in [0.15, 0.2) is 0 Å². The van der Waals surface area contributed by atoms with E-state index in [9.17, 15) is 9.90 Å². The van der Waals surface area contributed by atoms with Gasteiger partial charge in [-0.3, -0.25) is 0 Å². The van der Waals surface area contributed by atoms with Crippen molar-refractivity contribution in [3.8, 4) is 11.1 Å². The number of aryl methyl sites for hydroxylation is 1. The lowest BCUT2D eigenvalue weighted by Crippen LogP contribution is -1.94. The van der Waals surface area contributed by atoms with Crippen molar-refractivity contribution in [2.75, 3.05) is 0 Å². The van der Waals surface area contributed by atoms with E-state index in [-0.39, 0.29) is 0 Å². The molecule has 0 spiro atoms. The molecule has 2 aromatic carbocycles. The number of aromatic carboxylic acids is 1. The number of aromatic nitrogens is 1. The van der Waals surface area contributed by atoms with Crippen molar-refractivity contribution < 1.29 is 9.90 Å². The van der Waals surface area contributed by atoms with E-state index >= 15 is 0 Å². The van der Waals surface area contributed by atoms with Crippen molar-refractivity contribution >= 4 is 28.5 Å². The van der Waals surface area contributed by atoms with Gasteiger partial charge in [-0.1, -0.05) is 29.8 Å². The van der Waals surface area contributed by atoms with E-state index in [1.54, 1.807) is 6.20 Å². The minimum absolute atomic E-state index is 0.311. The number of halogens is 1. The topological polar surface area (TPSA) is 42.2 Å². The third-order valence-corrected chi connectivity index (χ3v) is 3.61. The predicted molar refractivity (Wildman–Crippen MR) is 80.3 cm³/mol. The van der Waals surface area contributed by atoms with Gasteiger partial charge in [0.1, 0.15) is 0 Å². The van der Waals surface area contributed by atoms with Gasteiger partial charge in [0.05, 0.1) is 5.56 Å². The monoisotopic (exact) mass is 285 g/mol. The van der Waals surface area contributed by atoms with E-state index in [0.29, 0.717) is 10.6 Å². The molecule has 0 unspecified atom stereocenters. The molecular weight excluding hydrogens is 274 g/mol. The summed E-state index contributed by atoms with van der Waals surface area (Å²) in [7, 11) is 1.84. The second-order valence-electron chi connectivity index (χ2n) is 4.70. The third kappa shape index (κ3) is 2.06. The molecule has 0 saturated carbocycles. The van der Waals surface area contributed by atoms with Crippen molar-refractivity contribution in [1.29, 1.82) is 0 Å². The molecule has 0 radical (unpaired) electrons. The summed E-state index contributed by atoms with van der Waals surface area (Å²) in [5.74, 6) is -0.918. The van der Waals surface area contributed by atoms with E-state index in [2.05, 4.69) is 0 Å². The first-order valence-electron chi connectivity index (χ1n) is 6.14. The van der Waals surface area contributed by atoms with Crippen molar-refractivity contribution in [2.45, 2.75) is 0 Å². The van der Waals surface area contributed by atoms with Gasteiger partial charge >= 0.3 is 5.97 Å². The highest BCUT2D eigenvalue weighted by Gasteiger charge is 2.13. The highest BCUT2D eigenvalue weighted by atomic mass is 35.5. The van der Waals surface area contributed by atoms with E-state index in [4.69, 9.17) is 11.6 Å². The lowest BCUT2D eigenvalue weighted by molar-refractivity contribution is 0.0699.